The van der Waals surface area contributed by atoms with E-state index in [9.17, 15) is 0 Å². The Bertz CT molecular complexity index is 354. The third-order valence-electron chi connectivity index (χ3n) is 3.49. The Labute approximate surface area is 123 Å². The molecule has 0 aliphatic carbocycles. The Kier molecular flexibility index (Phi) is 8.19. The van der Waals surface area contributed by atoms with Crippen molar-refractivity contribution < 1.29 is 0 Å². The molecule has 2 nitrogen and oxygen atoms in total. The summed E-state index contributed by atoms with van der Waals surface area (Å²) in [5.74, 6) is 1.22. The molecule has 108 valence electrons. The van der Waals surface area contributed by atoms with Gasteiger partial charge < -0.3 is 10.2 Å². The monoisotopic (exact) mass is 280 g/mol. The third-order valence-corrected chi connectivity index (χ3v) is 4.08. The van der Waals surface area contributed by atoms with Crippen LogP contribution in [0.5, 0.6) is 0 Å². The predicted molar refractivity (Wildman–Crippen MR) is 88.1 cm³/mol. The molecule has 0 amide bonds. The molecule has 0 spiro atoms. The summed E-state index contributed by atoms with van der Waals surface area (Å²) in [6.07, 6.45) is 3.34. The van der Waals surface area contributed by atoms with Gasteiger partial charge >= 0.3 is 0 Å². The molecular weight excluding hydrogens is 252 g/mol. The number of thioether (sulfide) groups is 1. The fourth-order valence-electron chi connectivity index (χ4n) is 2.30. The Hall–Kier alpha value is -0.510. The van der Waals surface area contributed by atoms with Gasteiger partial charge in [0.2, 0.25) is 0 Å². The van der Waals surface area contributed by atoms with Crippen LogP contribution in [0.3, 0.4) is 0 Å². The fourth-order valence-corrected chi connectivity index (χ4v) is 2.79. The lowest BCUT2D eigenvalue weighted by Gasteiger charge is -2.23. The van der Waals surface area contributed by atoms with Crippen molar-refractivity contribution in [2.24, 2.45) is 0 Å². The Morgan fingerprint density at radius 2 is 2.00 bits per heavy atom. The largest absolute Gasteiger partial charge is 0.310 e. The molecule has 0 aliphatic rings. The molecular formula is C16H28N2S. The smallest absolute Gasteiger partial charge is 0.0334 e. The van der Waals surface area contributed by atoms with Gasteiger partial charge in [-0.15, -0.1) is 0 Å². The molecule has 0 saturated carbocycles. The quantitative estimate of drug-likeness (QED) is 0.747. The van der Waals surface area contributed by atoms with Gasteiger partial charge in [0.05, 0.1) is 0 Å². The van der Waals surface area contributed by atoms with Crippen LogP contribution in [0.25, 0.3) is 0 Å². The second kappa shape index (κ2) is 9.40. The van der Waals surface area contributed by atoms with Gasteiger partial charge in [0, 0.05) is 18.3 Å². The Morgan fingerprint density at radius 3 is 2.63 bits per heavy atom. The van der Waals surface area contributed by atoms with Crippen molar-refractivity contribution in [1.82, 2.24) is 10.2 Å². The van der Waals surface area contributed by atoms with Gasteiger partial charge in [-0.25, -0.2) is 0 Å². The van der Waals surface area contributed by atoms with E-state index >= 15 is 0 Å². The van der Waals surface area contributed by atoms with Gasteiger partial charge in [-0.1, -0.05) is 31.2 Å². The van der Waals surface area contributed by atoms with Crippen molar-refractivity contribution >= 4 is 11.8 Å². The molecule has 19 heavy (non-hydrogen) atoms. The van der Waals surface area contributed by atoms with E-state index in [-0.39, 0.29) is 0 Å². The maximum Gasteiger partial charge on any atom is 0.0334 e. The molecule has 0 radical (unpaired) electrons. The maximum atomic E-state index is 3.62. The lowest BCUT2D eigenvalue weighted by Crippen LogP contribution is -2.28. The van der Waals surface area contributed by atoms with Crippen molar-refractivity contribution in [3.63, 3.8) is 0 Å². The van der Waals surface area contributed by atoms with E-state index in [1.807, 2.05) is 11.8 Å². The van der Waals surface area contributed by atoms with E-state index in [0.29, 0.717) is 6.04 Å². The Morgan fingerprint density at radius 1 is 1.26 bits per heavy atom. The SMILES string of the molecule is CCNC(CCN(C)CCSC)c1ccccc1C. The highest BCUT2D eigenvalue weighted by Crippen LogP contribution is 2.20. The van der Waals surface area contributed by atoms with E-state index in [0.717, 1.165) is 13.1 Å². The molecule has 0 aromatic heterocycles. The van der Waals surface area contributed by atoms with Crippen molar-refractivity contribution in [3.8, 4) is 0 Å². The second-order valence-corrected chi connectivity index (χ2v) is 6.04. The van der Waals surface area contributed by atoms with Crippen molar-refractivity contribution in [2.45, 2.75) is 26.3 Å². The van der Waals surface area contributed by atoms with E-state index < -0.39 is 0 Å². The van der Waals surface area contributed by atoms with Gasteiger partial charge in [-0.2, -0.15) is 11.8 Å². The summed E-state index contributed by atoms with van der Waals surface area (Å²) in [7, 11) is 2.22. The van der Waals surface area contributed by atoms with Crippen LogP contribution in [0.4, 0.5) is 0 Å². The first-order chi connectivity index (χ1) is 9.19. The molecule has 1 rings (SSSR count). The van der Waals surface area contributed by atoms with E-state index in [1.54, 1.807) is 0 Å². The highest BCUT2D eigenvalue weighted by molar-refractivity contribution is 7.98. The minimum atomic E-state index is 0.475. The predicted octanol–water partition coefficient (Wildman–Crippen LogP) is 3.33. The van der Waals surface area contributed by atoms with Crippen molar-refractivity contribution in [3.05, 3.63) is 35.4 Å². The van der Waals surface area contributed by atoms with Crippen LogP contribution >= 0.6 is 11.8 Å². The molecule has 1 unspecified atom stereocenters. The number of aryl methyl sites for hydroxylation is 1. The zero-order valence-corrected chi connectivity index (χ0v) is 13.6. The van der Waals surface area contributed by atoms with Gasteiger partial charge in [0.15, 0.2) is 0 Å². The Balaban J connectivity index is 2.56. The van der Waals surface area contributed by atoms with Crippen LogP contribution < -0.4 is 5.32 Å². The minimum absolute atomic E-state index is 0.475. The van der Waals surface area contributed by atoms with Gasteiger partial charge in [0.25, 0.3) is 0 Å². The minimum Gasteiger partial charge on any atom is -0.310 e. The first-order valence-corrected chi connectivity index (χ1v) is 8.54. The molecule has 0 heterocycles. The molecule has 1 atom stereocenters. The van der Waals surface area contributed by atoms with E-state index in [4.69, 9.17) is 0 Å². The summed E-state index contributed by atoms with van der Waals surface area (Å²) in [5.41, 5.74) is 2.84. The van der Waals surface area contributed by atoms with Gasteiger partial charge in [-0.3, -0.25) is 0 Å². The van der Waals surface area contributed by atoms with Crippen molar-refractivity contribution in [1.29, 1.82) is 0 Å². The van der Waals surface area contributed by atoms with E-state index in [1.165, 1.54) is 29.8 Å². The number of nitrogens with one attached hydrogen (secondary N) is 1. The standard InChI is InChI=1S/C16H28N2S/c1-5-17-16(10-11-18(3)12-13-19-4)15-9-7-6-8-14(15)2/h6-9,16-17H,5,10-13H2,1-4H3. The molecule has 3 heteroatoms. The molecule has 0 fully saturated rings. The zero-order chi connectivity index (χ0) is 14.1. The average Bonchev–Trinajstić information content (AvgIpc) is 2.42. The topological polar surface area (TPSA) is 15.3 Å². The van der Waals surface area contributed by atoms with Crippen LogP contribution in [0.2, 0.25) is 0 Å². The molecule has 0 bridgehead atoms. The number of rotatable bonds is 9. The van der Waals surface area contributed by atoms with Gasteiger partial charge in [0.1, 0.15) is 0 Å². The van der Waals surface area contributed by atoms with Crippen LogP contribution in [0, 0.1) is 6.92 Å². The number of hydrogen-bond donors (Lipinski definition) is 1. The first kappa shape index (κ1) is 16.5. The summed E-state index contributed by atoms with van der Waals surface area (Å²) >= 11 is 1.92. The molecule has 1 N–H and O–H groups in total. The van der Waals surface area contributed by atoms with Crippen LogP contribution in [-0.2, 0) is 0 Å². The lowest BCUT2D eigenvalue weighted by molar-refractivity contribution is 0.324. The lowest BCUT2D eigenvalue weighted by atomic mass is 9.98. The fraction of sp³-hybridized carbons (Fsp3) is 0.625. The number of benzene rings is 1. The summed E-state index contributed by atoms with van der Waals surface area (Å²) in [4.78, 5) is 2.43. The molecule has 0 aliphatic heterocycles. The molecule has 1 aromatic rings. The van der Waals surface area contributed by atoms with E-state index in [2.05, 4.69) is 61.6 Å². The highest BCUT2D eigenvalue weighted by atomic mass is 32.2. The van der Waals surface area contributed by atoms with Crippen LogP contribution in [0.15, 0.2) is 24.3 Å². The number of nitrogens with zero attached hydrogens (tertiary/aromatic N) is 1. The zero-order valence-electron chi connectivity index (χ0n) is 12.8. The molecule has 0 saturated heterocycles. The normalized spacial score (nSPS) is 12.9. The summed E-state index contributed by atoms with van der Waals surface area (Å²) in [5, 5.41) is 3.62. The average molecular weight is 280 g/mol. The summed E-state index contributed by atoms with van der Waals surface area (Å²) in [6.45, 7) is 7.73. The molecule has 1 aromatic carbocycles. The van der Waals surface area contributed by atoms with Crippen LogP contribution in [-0.4, -0.2) is 43.6 Å². The number of hydrogen-bond acceptors (Lipinski definition) is 3. The van der Waals surface area contributed by atoms with Crippen LogP contribution in [0.1, 0.15) is 30.5 Å². The maximum absolute atomic E-state index is 3.62. The second-order valence-electron chi connectivity index (χ2n) is 5.05. The summed E-state index contributed by atoms with van der Waals surface area (Å²) in [6, 6.07) is 9.20. The van der Waals surface area contributed by atoms with Crippen molar-refractivity contribution in [2.75, 3.05) is 38.7 Å². The summed E-state index contributed by atoms with van der Waals surface area (Å²) < 4.78 is 0. The third kappa shape index (κ3) is 5.98. The highest BCUT2D eigenvalue weighted by Gasteiger charge is 2.12. The van der Waals surface area contributed by atoms with Gasteiger partial charge in [-0.05, 0) is 50.9 Å². The first-order valence-electron chi connectivity index (χ1n) is 7.15.